The molecule has 0 aliphatic rings. The molecule has 1 aromatic heterocycles. The Labute approximate surface area is 105 Å². The van der Waals surface area contributed by atoms with Gasteiger partial charge >= 0.3 is 0 Å². The SMILES string of the molecule is Cc1cccc2nc(Cc3ccccc3)sc12. The molecule has 84 valence electrons. The van der Waals surface area contributed by atoms with Gasteiger partial charge in [-0.3, -0.25) is 0 Å². The van der Waals surface area contributed by atoms with Gasteiger partial charge in [-0.1, -0.05) is 42.5 Å². The number of aryl methyl sites for hydroxylation is 1. The lowest BCUT2D eigenvalue weighted by Crippen LogP contribution is -1.85. The van der Waals surface area contributed by atoms with E-state index >= 15 is 0 Å². The summed E-state index contributed by atoms with van der Waals surface area (Å²) in [6.45, 7) is 2.15. The maximum atomic E-state index is 4.69. The van der Waals surface area contributed by atoms with Crippen molar-refractivity contribution >= 4 is 21.6 Å². The molecule has 0 N–H and O–H groups in total. The largest absolute Gasteiger partial charge is 0.241 e. The molecular formula is C15H13NS. The number of hydrogen-bond acceptors (Lipinski definition) is 2. The zero-order valence-corrected chi connectivity index (χ0v) is 10.5. The normalized spacial score (nSPS) is 10.9. The number of aromatic nitrogens is 1. The fourth-order valence-electron chi connectivity index (χ4n) is 1.98. The van der Waals surface area contributed by atoms with Crippen molar-refractivity contribution in [3.8, 4) is 0 Å². The first-order valence-electron chi connectivity index (χ1n) is 5.72. The van der Waals surface area contributed by atoms with E-state index in [0.717, 1.165) is 11.9 Å². The van der Waals surface area contributed by atoms with Crippen LogP contribution in [-0.4, -0.2) is 4.98 Å². The predicted octanol–water partition coefficient (Wildman–Crippen LogP) is 4.20. The highest BCUT2D eigenvalue weighted by molar-refractivity contribution is 7.18. The smallest absolute Gasteiger partial charge is 0.0982 e. The number of fused-ring (bicyclic) bond motifs is 1. The Kier molecular flexibility index (Phi) is 2.65. The molecule has 3 aromatic rings. The van der Waals surface area contributed by atoms with E-state index in [1.165, 1.54) is 20.8 Å². The van der Waals surface area contributed by atoms with Gasteiger partial charge in [0.15, 0.2) is 0 Å². The maximum absolute atomic E-state index is 4.69. The minimum Gasteiger partial charge on any atom is -0.241 e. The monoisotopic (exact) mass is 239 g/mol. The summed E-state index contributed by atoms with van der Waals surface area (Å²) in [5.41, 5.74) is 3.77. The topological polar surface area (TPSA) is 12.9 Å². The molecule has 0 saturated heterocycles. The van der Waals surface area contributed by atoms with E-state index in [2.05, 4.69) is 54.4 Å². The lowest BCUT2D eigenvalue weighted by molar-refractivity contribution is 1.16. The van der Waals surface area contributed by atoms with E-state index in [-0.39, 0.29) is 0 Å². The fourth-order valence-corrected chi connectivity index (χ4v) is 3.04. The maximum Gasteiger partial charge on any atom is 0.0982 e. The third kappa shape index (κ3) is 2.08. The van der Waals surface area contributed by atoms with Crippen LogP contribution in [0.5, 0.6) is 0 Å². The Morgan fingerprint density at radius 2 is 1.82 bits per heavy atom. The quantitative estimate of drug-likeness (QED) is 0.653. The highest BCUT2D eigenvalue weighted by Crippen LogP contribution is 2.26. The summed E-state index contributed by atoms with van der Waals surface area (Å²) in [5, 5.41) is 1.19. The van der Waals surface area contributed by atoms with Crippen LogP contribution >= 0.6 is 11.3 Å². The number of benzene rings is 2. The zero-order chi connectivity index (χ0) is 11.7. The highest BCUT2D eigenvalue weighted by Gasteiger charge is 2.05. The van der Waals surface area contributed by atoms with Gasteiger partial charge in [-0.05, 0) is 24.1 Å². The molecule has 1 heterocycles. The molecule has 0 spiro atoms. The van der Waals surface area contributed by atoms with Gasteiger partial charge in [-0.25, -0.2) is 4.98 Å². The minimum absolute atomic E-state index is 0.930. The van der Waals surface area contributed by atoms with Crippen LogP contribution in [0.15, 0.2) is 48.5 Å². The van der Waals surface area contributed by atoms with E-state index in [9.17, 15) is 0 Å². The van der Waals surface area contributed by atoms with Gasteiger partial charge in [0.05, 0.1) is 15.2 Å². The molecule has 1 nitrogen and oxygen atoms in total. The summed E-state index contributed by atoms with van der Waals surface area (Å²) in [5.74, 6) is 0. The van der Waals surface area contributed by atoms with Gasteiger partial charge < -0.3 is 0 Å². The number of thiazole rings is 1. The highest BCUT2D eigenvalue weighted by atomic mass is 32.1. The van der Waals surface area contributed by atoms with Gasteiger partial charge in [0.2, 0.25) is 0 Å². The van der Waals surface area contributed by atoms with Crippen LogP contribution in [-0.2, 0) is 6.42 Å². The first kappa shape index (κ1) is 10.5. The molecule has 0 aliphatic carbocycles. The standard InChI is InChI=1S/C15H13NS/c1-11-6-5-9-13-15(11)17-14(16-13)10-12-7-3-2-4-8-12/h2-9H,10H2,1H3. The molecule has 2 aromatic carbocycles. The van der Waals surface area contributed by atoms with Gasteiger partial charge in [-0.15, -0.1) is 11.3 Å². The summed E-state index contributed by atoms with van der Waals surface area (Å²) in [7, 11) is 0. The van der Waals surface area contributed by atoms with Crippen LogP contribution in [0.25, 0.3) is 10.2 Å². The van der Waals surface area contributed by atoms with Crippen molar-refractivity contribution in [1.82, 2.24) is 4.98 Å². The van der Waals surface area contributed by atoms with Gasteiger partial charge in [-0.2, -0.15) is 0 Å². The Morgan fingerprint density at radius 3 is 2.59 bits per heavy atom. The lowest BCUT2D eigenvalue weighted by Gasteiger charge is -1.95. The van der Waals surface area contributed by atoms with Crippen LogP contribution in [0.1, 0.15) is 16.1 Å². The first-order valence-corrected chi connectivity index (χ1v) is 6.53. The first-order chi connectivity index (χ1) is 8.33. The Morgan fingerprint density at radius 1 is 1.00 bits per heavy atom. The average molecular weight is 239 g/mol. The molecule has 0 atom stereocenters. The van der Waals surface area contributed by atoms with Crippen molar-refractivity contribution < 1.29 is 0 Å². The predicted molar refractivity (Wildman–Crippen MR) is 73.6 cm³/mol. The molecule has 0 aliphatic heterocycles. The molecule has 17 heavy (non-hydrogen) atoms. The van der Waals surface area contributed by atoms with Crippen molar-refractivity contribution in [2.45, 2.75) is 13.3 Å². The number of nitrogens with zero attached hydrogens (tertiary/aromatic N) is 1. The summed E-state index contributed by atoms with van der Waals surface area (Å²) < 4.78 is 1.32. The Balaban J connectivity index is 1.99. The number of hydrogen-bond donors (Lipinski definition) is 0. The molecule has 2 heteroatoms. The third-order valence-electron chi connectivity index (χ3n) is 2.85. The molecule has 3 rings (SSSR count). The van der Waals surface area contributed by atoms with E-state index in [1.54, 1.807) is 0 Å². The van der Waals surface area contributed by atoms with Crippen molar-refractivity contribution in [2.24, 2.45) is 0 Å². The van der Waals surface area contributed by atoms with Gasteiger partial charge in [0.25, 0.3) is 0 Å². The molecular weight excluding hydrogens is 226 g/mol. The van der Waals surface area contributed by atoms with Crippen molar-refractivity contribution in [1.29, 1.82) is 0 Å². The van der Waals surface area contributed by atoms with Gasteiger partial charge in [0, 0.05) is 6.42 Å². The Bertz CT molecular complexity index is 640. The second-order valence-corrected chi connectivity index (χ2v) is 5.28. The summed E-state index contributed by atoms with van der Waals surface area (Å²) in [6, 6.07) is 16.8. The van der Waals surface area contributed by atoms with Gasteiger partial charge in [0.1, 0.15) is 0 Å². The van der Waals surface area contributed by atoms with Crippen molar-refractivity contribution in [3.05, 3.63) is 64.7 Å². The Hall–Kier alpha value is -1.67. The van der Waals surface area contributed by atoms with Crippen LogP contribution in [0.2, 0.25) is 0 Å². The average Bonchev–Trinajstić information content (AvgIpc) is 2.74. The van der Waals surface area contributed by atoms with Crippen LogP contribution in [0.4, 0.5) is 0 Å². The third-order valence-corrected chi connectivity index (χ3v) is 4.06. The summed E-state index contributed by atoms with van der Waals surface area (Å²) in [4.78, 5) is 4.69. The molecule has 0 unspecified atom stereocenters. The van der Waals surface area contributed by atoms with E-state index < -0.39 is 0 Å². The fraction of sp³-hybridized carbons (Fsp3) is 0.133. The molecule has 0 bridgehead atoms. The van der Waals surface area contributed by atoms with Crippen molar-refractivity contribution in [2.75, 3.05) is 0 Å². The second kappa shape index (κ2) is 4.30. The lowest BCUT2D eigenvalue weighted by atomic mass is 10.2. The molecule has 0 fully saturated rings. The summed E-state index contributed by atoms with van der Waals surface area (Å²) >= 11 is 1.81. The van der Waals surface area contributed by atoms with Crippen LogP contribution < -0.4 is 0 Å². The van der Waals surface area contributed by atoms with Crippen LogP contribution in [0.3, 0.4) is 0 Å². The molecule has 0 radical (unpaired) electrons. The van der Waals surface area contributed by atoms with E-state index in [0.29, 0.717) is 0 Å². The van der Waals surface area contributed by atoms with E-state index in [1.807, 2.05) is 17.4 Å². The number of rotatable bonds is 2. The summed E-state index contributed by atoms with van der Waals surface area (Å²) in [6.07, 6.45) is 0.930. The zero-order valence-electron chi connectivity index (χ0n) is 9.68. The van der Waals surface area contributed by atoms with Crippen LogP contribution in [0, 0.1) is 6.92 Å². The van der Waals surface area contributed by atoms with E-state index in [4.69, 9.17) is 0 Å². The second-order valence-electron chi connectivity index (χ2n) is 4.19. The molecule has 0 amide bonds. The van der Waals surface area contributed by atoms with Crippen molar-refractivity contribution in [3.63, 3.8) is 0 Å². The minimum atomic E-state index is 0.930. The molecule has 0 saturated carbocycles.